The molecule has 1 unspecified atom stereocenters. The molecule has 2 fully saturated rings. The molecule has 0 radical (unpaired) electrons. The Morgan fingerprint density at radius 2 is 1.94 bits per heavy atom. The van der Waals surface area contributed by atoms with Crippen LogP contribution in [0.1, 0.15) is 49.5 Å². The zero-order valence-electron chi connectivity index (χ0n) is 19.7. The molecule has 1 spiro atoms. The predicted molar refractivity (Wildman–Crippen MR) is 130 cm³/mol. The molecule has 182 valence electrons. The molecular formula is C25H32N4O4S. The number of carbonyl (C=O) groups is 3. The molecule has 1 aliphatic carbocycles. The number of ether oxygens (including phenoxy) is 1. The summed E-state index contributed by atoms with van der Waals surface area (Å²) in [5, 5.41) is 5.75. The van der Waals surface area contributed by atoms with Crippen LogP contribution in [0.15, 0.2) is 41.8 Å². The van der Waals surface area contributed by atoms with E-state index in [9.17, 15) is 14.4 Å². The molecule has 9 heteroatoms. The van der Waals surface area contributed by atoms with Crippen LogP contribution in [0.25, 0.3) is 0 Å². The summed E-state index contributed by atoms with van der Waals surface area (Å²) in [4.78, 5) is 41.9. The lowest BCUT2D eigenvalue weighted by molar-refractivity contribution is -0.140. The maximum absolute atomic E-state index is 13.0. The first kappa shape index (κ1) is 24.2. The van der Waals surface area contributed by atoms with Gasteiger partial charge >= 0.3 is 6.03 Å². The van der Waals surface area contributed by atoms with Crippen molar-refractivity contribution in [2.24, 2.45) is 0 Å². The van der Waals surface area contributed by atoms with E-state index in [1.807, 2.05) is 35.7 Å². The summed E-state index contributed by atoms with van der Waals surface area (Å²) in [7, 11) is 1.63. The minimum absolute atomic E-state index is 0.0582. The Morgan fingerprint density at radius 1 is 1.21 bits per heavy atom. The average Bonchev–Trinajstić information content (AvgIpc) is 3.42. The maximum atomic E-state index is 13.0. The summed E-state index contributed by atoms with van der Waals surface area (Å²) in [6.45, 7) is 2.69. The van der Waals surface area contributed by atoms with Crippen LogP contribution in [0, 0.1) is 0 Å². The third kappa shape index (κ3) is 5.42. The van der Waals surface area contributed by atoms with Crippen LogP contribution in [-0.2, 0) is 22.6 Å². The molecule has 1 atom stereocenters. The number of methoxy groups -OCH3 is 1. The van der Waals surface area contributed by atoms with E-state index in [1.165, 1.54) is 4.88 Å². The van der Waals surface area contributed by atoms with E-state index >= 15 is 0 Å². The summed E-state index contributed by atoms with van der Waals surface area (Å²) >= 11 is 1.69. The number of urea groups is 1. The first-order valence-electron chi connectivity index (χ1n) is 11.8. The number of nitrogens with zero attached hydrogens (tertiary/aromatic N) is 2. The van der Waals surface area contributed by atoms with Crippen molar-refractivity contribution in [3.8, 4) is 5.75 Å². The third-order valence-corrected chi connectivity index (χ3v) is 7.60. The van der Waals surface area contributed by atoms with E-state index in [1.54, 1.807) is 18.4 Å². The van der Waals surface area contributed by atoms with Crippen LogP contribution >= 0.6 is 11.3 Å². The molecule has 8 nitrogen and oxygen atoms in total. The number of rotatable bonds is 9. The maximum Gasteiger partial charge on any atom is 0.344 e. The van der Waals surface area contributed by atoms with Gasteiger partial charge in [0.15, 0.2) is 0 Å². The van der Waals surface area contributed by atoms with Gasteiger partial charge in [-0.25, -0.2) is 4.79 Å². The second kappa shape index (κ2) is 10.6. The highest BCUT2D eigenvalue weighted by Crippen LogP contribution is 2.33. The van der Waals surface area contributed by atoms with Crippen LogP contribution < -0.4 is 15.5 Å². The second-order valence-electron chi connectivity index (χ2n) is 9.13. The van der Waals surface area contributed by atoms with E-state index in [2.05, 4.69) is 28.6 Å². The van der Waals surface area contributed by atoms with Gasteiger partial charge < -0.3 is 10.1 Å². The number of imide groups is 1. The number of hydrogen-bond donors (Lipinski definition) is 2. The first-order valence-corrected chi connectivity index (χ1v) is 12.6. The number of nitrogens with one attached hydrogen (secondary N) is 2. The molecule has 1 saturated heterocycles. The van der Waals surface area contributed by atoms with E-state index in [4.69, 9.17) is 4.74 Å². The summed E-state index contributed by atoms with van der Waals surface area (Å²) in [6.07, 6.45) is 4.87. The Morgan fingerprint density at radius 3 is 2.59 bits per heavy atom. The molecule has 2 N–H and O–H groups in total. The Bertz CT molecular complexity index is 1000. The summed E-state index contributed by atoms with van der Waals surface area (Å²) in [5.41, 5.74) is 2.75. The molecular weight excluding hydrogens is 452 g/mol. The summed E-state index contributed by atoms with van der Waals surface area (Å²) in [6, 6.07) is 11.4. The molecule has 4 amide bonds. The van der Waals surface area contributed by atoms with Crippen molar-refractivity contribution in [1.82, 2.24) is 20.7 Å². The number of thiophene rings is 1. The van der Waals surface area contributed by atoms with Crippen molar-refractivity contribution < 1.29 is 19.1 Å². The fraction of sp³-hybridized carbons (Fsp3) is 0.480. The number of carbonyl (C=O) groups excluding carboxylic acids is 3. The number of hydrazine groups is 1. The van der Waals surface area contributed by atoms with Gasteiger partial charge in [0.05, 0.1) is 13.7 Å². The standard InChI is InChI=1S/C25H32N4O4S/c1-18(15-21-7-6-14-34-21)28(16-19-8-10-20(33-2)11-9-19)17-22(30)27-29-23(31)25(26-24(29)32)12-4-3-5-13-25/h6-11,14,18H,3-5,12-13,15-17H2,1-2H3,(H,26,32)(H,27,30). The largest absolute Gasteiger partial charge is 0.497 e. The van der Waals surface area contributed by atoms with Gasteiger partial charge in [-0.3, -0.25) is 19.9 Å². The average molecular weight is 485 g/mol. The quantitative estimate of drug-likeness (QED) is 0.532. The Labute approximate surface area is 204 Å². The monoisotopic (exact) mass is 484 g/mol. The Kier molecular flexibility index (Phi) is 7.53. The molecule has 1 aromatic heterocycles. The Balaban J connectivity index is 1.44. The highest BCUT2D eigenvalue weighted by Gasteiger charge is 2.52. The van der Waals surface area contributed by atoms with E-state index in [-0.39, 0.29) is 24.4 Å². The lowest BCUT2D eigenvalue weighted by atomic mass is 9.82. The van der Waals surface area contributed by atoms with Gasteiger partial charge in [-0.15, -0.1) is 11.3 Å². The van der Waals surface area contributed by atoms with Crippen LogP contribution in [0.3, 0.4) is 0 Å². The molecule has 2 aromatic rings. The van der Waals surface area contributed by atoms with Gasteiger partial charge in [0.25, 0.3) is 11.8 Å². The first-order chi connectivity index (χ1) is 16.4. The lowest BCUT2D eigenvalue weighted by Crippen LogP contribution is -2.53. The van der Waals surface area contributed by atoms with Crippen LogP contribution in [0.4, 0.5) is 4.79 Å². The van der Waals surface area contributed by atoms with Crippen molar-refractivity contribution in [3.05, 3.63) is 52.2 Å². The highest BCUT2D eigenvalue weighted by molar-refractivity contribution is 7.09. The highest BCUT2D eigenvalue weighted by atomic mass is 32.1. The topological polar surface area (TPSA) is 91.0 Å². The second-order valence-corrected chi connectivity index (χ2v) is 10.2. The van der Waals surface area contributed by atoms with E-state index in [0.29, 0.717) is 19.4 Å². The fourth-order valence-electron chi connectivity index (χ4n) is 4.74. The van der Waals surface area contributed by atoms with Gasteiger partial charge in [-0.1, -0.05) is 37.5 Å². The number of amides is 4. The van der Waals surface area contributed by atoms with Crippen molar-refractivity contribution in [2.75, 3.05) is 13.7 Å². The van der Waals surface area contributed by atoms with Gasteiger partial charge in [0, 0.05) is 17.5 Å². The van der Waals surface area contributed by atoms with Gasteiger partial charge in [0.2, 0.25) is 0 Å². The summed E-state index contributed by atoms with van der Waals surface area (Å²) < 4.78 is 5.25. The minimum atomic E-state index is -0.863. The predicted octanol–water partition coefficient (Wildman–Crippen LogP) is 3.48. The molecule has 1 saturated carbocycles. The minimum Gasteiger partial charge on any atom is -0.497 e. The van der Waals surface area contributed by atoms with Crippen LogP contribution in [0.2, 0.25) is 0 Å². The van der Waals surface area contributed by atoms with Gasteiger partial charge in [0.1, 0.15) is 11.3 Å². The summed E-state index contributed by atoms with van der Waals surface area (Å²) in [5.74, 6) is 0.0386. The Hall–Kier alpha value is -2.91. The number of hydrogen-bond acceptors (Lipinski definition) is 6. The molecule has 2 heterocycles. The molecule has 34 heavy (non-hydrogen) atoms. The normalized spacial score (nSPS) is 18.3. The fourth-order valence-corrected chi connectivity index (χ4v) is 5.57. The SMILES string of the molecule is COc1ccc(CN(CC(=O)NN2C(=O)NC3(CCCCC3)C2=O)C(C)Cc2cccs2)cc1. The molecule has 0 bridgehead atoms. The van der Waals surface area contributed by atoms with Crippen molar-refractivity contribution in [3.63, 3.8) is 0 Å². The zero-order chi connectivity index (χ0) is 24.1. The number of benzene rings is 1. The molecule has 1 aliphatic heterocycles. The van der Waals surface area contributed by atoms with Gasteiger partial charge in [-0.2, -0.15) is 5.01 Å². The third-order valence-electron chi connectivity index (χ3n) is 6.70. The zero-order valence-corrected chi connectivity index (χ0v) is 20.5. The van der Waals surface area contributed by atoms with Crippen LogP contribution in [0.5, 0.6) is 5.75 Å². The van der Waals surface area contributed by atoms with Crippen molar-refractivity contribution >= 4 is 29.2 Å². The molecule has 2 aliphatic rings. The molecule has 4 rings (SSSR count). The lowest BCUT2D eigenvalue weighted by Gasteiger charge is -2.31. The van der Waals surface area contributed by atoms with E-state index in [0.717, 1.165) is 42.0 Å². The van der Waals surface area contributed by atoms with Crippen molar-refractivity contribution in [2.45, 2.75) is 63.6 Å². The van der Waals surface area contributed by atoms with E-state index < -0.39 is 11.6 Å². The smallest absolute Gasteiger partial charge is 0.344 e. The van der Waals surface area contributed by atoms with Crippen molar-refractivity contribution in [1.29, 1.82) is 0 Å². The van der Waals surface area contributed by atoms with Crippen LogP contribution in [-0.4, -0.2) is 53.0 Å². The molecule has 1 aromatic carbocycles. The van der Waals surface area contributed by atoms with Gasteiger partial charge in [-0.05, 0) is 55.3 Å².